The summed E-state index contributed by atoms with van der Waals surface area (Å²) in [6.45, 7) is 5.30. The number of sulfonamides is 1. The van der Waals surface area contributed by atoms with Gasteiger partial charge in [-0.2, -0.15) is 13.2 Å². The smallest absolute Gasteiger partial charge is 0.207 e. The monoisotopic (exact) mass is 309 g/mol. The molecule has 0 saturated carbocycles. The van der Waals surface area contributed by atoms with Crippen LogP contribution in [-0.2, 0) is 21.6 Å². The summed E-state index contributed by atoms with van der Waals surface area (Å²) < 4.78 is 64.1. The highest BCUT2D eigenvalue weighted by molar-refractivity contribution is 7.89. The van der Waals surface area contributed by atoms with Gasteiger partial charge in [0.1, 0.15) is 0 Å². The van der Waals surface area contributed by atoms with Gasteiger partial charge in [0.05, 0.1) is 10.5 Å². The summed E-state index contributed by atoms with van der Waals surface area (Å²) in [7, 11) is -1.74. The number of rotatable bonds is 2. The second-order valence-electron chi connectivity index (χ2n) is 5.75. The normalized spacial score (nSPS) is 13.8. The average molecular weight is 309 g/mol. The van der Waals surface area contributed by atoms with Crippen LogP contribution < -0.4 is 0 Å². The lowest BCUT2D eigenvalue weighted by Gasteiger charge is -2.23. The molecule has 20 heavy (non-hydrogen) atoms. The van der Waals surface area contributed by atoms with Crippen molar-refractivity contribution < 1.29 is 21.6 Å². The van der Waals surface area contributed by atoms with Gasteiger partial charge in [-0.05, 0) is 23.1 Å². The molecule has 0 fully saturated rings. The standard InChI is InChI=1S/C13H18F3NO2S/c1-12(2,3)9-6-7-11(20(18,19)17(4)5)10(8-9)13(14,15)16/h6-8H,1-5H3. The van der Waals surface area contributed by atoms with E-state index in [1.54, 1.807) is 20.8 Å². The Morgan fingerprint density at radius 2 is 1.55 bits per heavy atom. The summed E-state index contributed by atoms with van der Waals surface area (Å²) in [5, 5.41) is 0. The molecule has 1 aromatic rings. The highest BCUT2D eigenvalue weighted by atomic mass is 32.2. The molecule has 0 unspecified atom stereocenters. The van der Waals surface area contributed by atoms with Gasteiger partial charge in [0.15, 0.2) is 0 Å². The SMILES string of the molecule is CN(C)S(=O)(=O)c1ccc(C(C)(C)C)cc1C(F)(F)F. The van der Waals surface area contributed by atoms with Crippen LogP contribution >= 0.6 is 0 Å². The largest absolute Gasteiger partial charge is 0.417 e. The van der Waals surface area contributed by atoms with E-state index in [0.717, 1.165) is 16.4 Å². The van der Waals surface area contributed by atoms with E-state index in [1.165, 1.54) is 20.2 Å². The second kappa shape index (κ2) is 5.04. The van der Waals surface area contributed by atoms with Crippen LogP contribution in [0.3, 0.4) is 0 Å². The van der Waals surface area contributed by atoms with Gasteiger partial charge in [0.2, 0.25) is 10.0 Å². The number of hydrogen-bond donors (Lipinski definition) is 0. The van der Waals surface area contributed by atoms with Crippen LogP contribution in [0.4, 0.5) is 13.2 Å². The molecule has 0 aliphatic heterocycles. The molecule has 0 N–H and O–H groups in total. The van der Waals surface area contributed by atoms with Crippen molar-refractivity contribution in [1.29, 1.82) is 0 Å². The fraction of sp³-hybridized carbons (Fsp3) is 0.538. The summed E-state index contributed by atoms with van der Waals surface area (Å²) in [6, 6.07) is 3.36. The topological polar surface area (TPSA) is 37.4 Å². The van der Waals surface area contributed by atoms with Crippen LogP contribution in [0.5, 0.6) is 0 Å². The molecule has 0 bridgehead atoms. The Morgan fingerprint density at radius 1 is 1.05 bits per heavy atom. The molecule has 0 atom stereocenters. The third-order valence-electron chi connectivity index (χ3n) is 2.91. The Kier molecular flexibility index (Phi) is 4.27. The lowest BCUT2D eigenvalue weighted by Crippen LogP contribution is -2.26. The lowest BCUT2D eigenvalue weighted by atomic mass is 9.86. The molecule has 0 aliphatic carbocycles. The van der Waals surface area contributed by atoms with Gasteiger partial charge in [0, 0.05) is 14.1 Å². The molecular weight excluding hydrogens is 291 g/mol. The Balaban J connectivity index is 3.65. The molecular formula is C13H18F3NO2S. The van der Waals surface area contributed by atoms with E-state index in [9.17, 15) is 21.6 Å². The minimum atomic E-state index is -4.72. The maximum Gasteiger partial charge on any atom is 0.417 e. The van der Waals surface area contributed by atoms with E-state index in [2.05, 4.69) is 0 Å². The fourth-order valence-electron chi connectivity index (χ4n) is 1.64. The maximum absolute atomic E-state index is 13.1. The van der Waals surface area contributed by atoms with Crippen molar-refractivity contribution in [3.05, 3.63) is 29.3 Å². The molecule has 1 rings (SSSR count). The Bertz CT molecular complexity index is 599. The third kappa shape index (κ3) is 3.32. The van der Waals surface area contributed by atoms with Crippen molar-refractivity contribution in [2.75, 3.05) is 14.1 Å². The van der Waals surface area contributed by atoms with Crippen LogP contribution in [0.1, 0.15) is 31.9 Å². The van der Waals surface area contributed by atoms with Crippen molar-refractivity contribution in [1.82, 2.24) is 4.31 Å². The molecule has 0 radical (unpaired) electrons. The minimum Gasteiger partial charge on any atom is -0.207 e. The zero-order valence-electron chi connectivity index (χ0n) is 12.0. The molecule has 1 aromatic carbocycles. The predicted molar refractivity (Wildman–Crippen MR) is 71.0 cm³/mol. The molecule has 0 saturated heterocycles. The minimum absolute atomic E-state index is 0.433. The van der Waals surface area contributed by atoms with E-state index >= 15 is 0 Å². The molecule has 0 aromatic heterocycles. The van der Waals surface area contributed by atoms with Crippen LogP contribution in [0.25, 0.3) is 0 Å². The van der Waals surface area contributed by atoms with Gasteiger partial charge in [-0.1, -0.05) is 26.8 Å². The molecule has 114 valence electrons. The summed E-state index contributed by atoms with van der Waals surface area (Å²) in [5.74, 6) is 0. The predicted octanol–water partition coefficient (Wildman–Crippen LogP) is 3.25. The first-order valence-electron chi connectivity index (χ1n) is 5.92. The van der Waals surface area contributed by atoms with Gasteiger partial charge >= 0.3 is 6.18 Å². The lowest BCUT2D eigenvalue weighted by molar-refractivity contribution is -0.140. The maximum atomic E-state index is 13.1. The number of benzene rings is 1. The average Bonchev–Trinajstić information content (AvgIpc) is 2.25. The molecule has 0 aliphatic rings. The number of hydrogen-bond acceptors (Lipinski definition) is 2. The molecule has 0 spiro atoms. The fourth-order valence-corrected chi connectivity index (χ4v) is 2.73. The first kappa shape index (κ1) is 17.0. The Morgan fingerprint density at radius 3 is 1.90 bits per heavy atom. The van der Waals surface area contributed by atoms with E-state index < -0.39 is 32.1 Å². The summed E-state index contributed by atoms with van der Waals surface area (Å²) in [6.07, 6.45) is -4.72. The molecule has 7 heteroatoms. The van der Waals surface area contributed by atoms with Crippen LogP contribution in [0.15, 0.2) is 23.1 Å². The quantitative estimate of drug-likeness (QED) is 0.841. The number of halogens is 3. The van der Waals surface area contributed by atoms with Crippen LogP contribution in [0.2, 0.25) is 0 Å². The number of nitrogens with zero attached hydrogens (tertiary/aromatic N) is 1. The van der Waals surface area contributed by atoms with Gasteiger partial charge in [-0.25, -0.2) is 12.7 Å². The van der Waals surface area contributed by atoms with Gasteiger partial charge in [0.25, 0.3) is 0 Å². The van der Waals surface area contributed by atoms with Crippen molar-refractivity contribution >= 4 is 10.0 Å². The van der Waals surface area contributed by atoms with Crippen LogP contribution in [0, 0.1) is 0 Å². The number of alkyl halides is 3. The van der Waals surface area contributed by atoms with E-state index in [0.29, 0.717) is 5.56 Å². The molecule has 3 nitrogen and oxygen atoms in total. The van der Waals surface area contributed by atoms with Gasteiger partial charge in [-0.15, -0.1) is 0 Å². The van der Waals surface area contributed by atoms with Gasteiger partial charge in [-0.3, -0.25) is 0 Å². The molecule has 0 amide bonds. The van der Waals surface area contributed by atoms with Crippen molar-refractivity contribution in [2.24, 2.45) is 0 Å². The molecule has 0 heterocycles. The van der Waals surface area contributed by atoms with E-state index in [-0.39, 0.29) is 0 Å². The highest BCUT2D eigenvalue weighted by Crippen LogP contribution is 2.37. The summed E-state index contributed by atoms with van der Waals surface area (Å²) in [4.78, 5) is -0.719. The summed E-state index contributed by atoms with van der Waals surface area (Å²) >= 11 is 0. The van der Waals surface area contributed by atoms with Crippen molar-refractivity contribution in [2.45, 2.75) is 37.3 Å². The Labute approximate surface area is 117 Å². The van der Waals surface area contributed by atoms with Crippen molar-refractivity contribution in [3.8, 4) is 0 Å². The first-order valence-corrected chi connectivity index (χ1v) is 7.36. The zero-order chi connectivity index (χ0) is 15.9. The first-order chi connectivity index (χ1) is 8.78. The van der Waals surface area contributed by atoms with Gasteiger partial charge < -0.3 is 0 Å². The van der Waals surface area contributed by atoms with Crippen molar-refractivity contribution in [3.63, 3.8) is 0 Å². The second-order valence-corrected chi connectivity index (χ2v) is 7.87. The summed E-state index contributed by atoms with van der Waals surface area (Å²) in [5.41, 5.74) is -1.19. The zero-order valence-corrected chi connectivity index (χ0v) is 12.9. The van der Waals surface area contributed by atoms with E-state index in [4.69, 9.17) is 0 Å². The van der Waals surface area contributed by atoms with Crippen LogP contribution in [-0.4, -0.2) is 26.8 Å². The highest BCUT2D eigenvalue weighted by Gasteiger charge is 2.38. The third-order valence-corrected chi connectivity index (χ3v) is 4.78. The van der Waals surface area contributed by atoms with E-state index in [1.807, 2.05) is 0 Å². The Hall–Kier alpha value is -1.08.